The van der Waals surface area contributed by atoms with Crippen molar-refractivity contribution in [2.75, 3.05) is 24.5 Å². The second-order valence-electron chi connectivity index (χ2n) is 8.66. The summed E-state index contributed by atoms with van der Waals surface area (Å²) < 4.78 is 6.03. The fourth-order valence-corrected chi connectivity index (χ4v) is 4.17. The van der Waals surface area contributed by atoms with Gasteiger partial charge in [-0.05, 0) is 62.3 Å². The first-order valence-corrected chi connectivity index (χ1v) is 11.7. The molecule has 0 atom stereocenters. The Morgan fingerprint density at radius 3 is 2.64 bits per heavy atom. The number of hydrogen-bond acceptors (Lipinski definition) is 5. The minimum atomic E-state index is 0.0606. The van der Waals surface area contributed by atoms with Crippen molar-refractivity contribution in [1.82, 2.24) is 15.3 Å². The lowest BCUT2D eigenvalue weighted by Crippen LogP contribution is -2.41. The molecule has 172 valence electrons. The Morgan fingerprint density at radius 1 is 1.06 bits per heavy atom. The van der Waals surface area contributed by atoms with Gasteiger partial charge in [0, 0.05) is 31.6 Å². The van der Waals surface area contributed by atoms with Gasteiger partial charge in [-0.2, -0.15) is 0 Å². The number of anilines is 1. The third-order valence-corrected chi connectivity index (χ3v) is 6.37. The molecular weight excluding hydrogens is 412 g/mol. The molecule has 33 heavy (non-hydrogen) atoms. The number of aromatic nitrogens is 2. The third kappa shape index (κ3) is 6.09. The lowest BCUT2D eigenvalue weighted by Gasteiger charge is -2.32. The third-order valence-electron chi connectivity index (χ3n) is 6.37. The summed E-state index contributed by atoms with van der Waals surface area (Å²) in [6, 6.07) is 18.3. The van der Waals surface area contributed by atoms with E-state index >= 15 is 0 Å². The maximum absolute atomic E-state index is 12.6. The molecule has 4 rings (SSSR count). The Kier molecular flexibility index (Phi) is 7.55. The van der Waals surface area contributed by atoms with Crippen LogP contribution in [0.1, 0.15) is 36.0 Å². The molecule has 0 unspecified atom stereocenters. The van der Waals surface area contributed by atoms with Crippen LogP contribution in [0.15, 0.2) is 60.9 Å². The highest BCUT2D eigenvalue weighted by molar-refractivity contribution is 5.78. The largest absolute Gasteiger partial charge is 0.439 e. The molecule has 0 spiro atoms. The Bertz CT molecular complexity index is 1060. The highest BCUT2D eigenvalue weighted by Gasteiger charge is 2.25. The highest BCUT2D eigenvalue weighted by Crippen LogP contribution is 2.28. The number of hydrogen-bond donors (Lipinski definition) is 1. The Hall–Kier alpha value is -3.41. The average molecular weight is 445 g/mol. The van der Waals surface area contributed by atoms with Gasteiger partial charge in [0.1, 0.15) is 17.9 Å². The van der Waals surface area contributed by atoms with Crippen molar-refractivity contribution >= 4 is 11.7 Å². The maximum Gasteiger partial charge on any atom is 0.224 e. The van der Waals surface area contributed by atoms with Gasteiger partial charge in [-0.25, -0.2) is 9.97 Å². The van der Waals surface area contributed by atoms with Crippen LogP contribution < -0.4 is 15.0 Å². The molecule has 6 nitrogen and oxygen atoms in total. The summed E-state index contributed by atoms with van der Waals surface area (Å²) in [4.78, 5) is 23.5. The molecule has 1 fully saturated rings. The van der Waals surface area contributed by atoms with E-state index in [0.717, 1.165) is 62.4 Å². The standard InChI is InChI=1S/C27H32N4O2/c1-20-8-6-12-24(21(20)2)33-26-18-25(29-19-30-26)31-16-13-23(14-17-31)27(32)28-15-7-11-22-9-4-3-5-10-22/h3-6,8-10,12,18-19,23H,7,11,13-17H2,1-2H3,(H,28,32). The minimum absolute atomic E-state index is 0.0606. The molecule has 2 aromatic carbocycles. The first-order valence-electron chi connectivity index (χ1n) is 11.7. The van der Waals surface area contributed by atoms with Gasteiger partial charge in [-0.1, -0.05) is 42.5 Å². The molecule has 0 radical (unpaired) electrons. The van der Waals surface area contributed by atoms with Crippen LogP contribution in [0.5, 0.6) is 11.6 Å². The number of carbonyl (C=O) groups is 1. The molecule has 1 saturated heterocycles. The second kappa shape index (κ2) is 10.9. The summed E-state index contributed by atoms with van der Waals surface area (Å²) in [5, 5.41) is 3.12. The number of aryl methyl sites for hydroxylation is 2. The number of benzene rings is 2. The first-order chi connectivity index (χ1) is 16.1. The summed E-state index contributed by atoms with van der Waals surface area (Å²) >= 11 is 0. The van der Waals surface area contributed by atoms with E-state index in [1.807, 2.05) is 31.2 Å². The summed E-state index contributed by atoms with van der Waals surface area (Å²) in [5.41, 5.74) is 3.60. The van der Waals surface area contributed by atoms with E-state index in [1.54, 1.807) is 6.33 Å². The van der Waals surface area contributed by atoms with Crippen molar-refractivity contribution in [3.05, 3.63) is 77.6 Å². The molecule has 1 aliphatic rings. The van der Waals surface area contributed by atoms with Crippen molar-refractivity contribution < 1.29 is 9.53 Å². The molecule has 0 saturated carbocycles. The van der Waals surface area contributed by atoms with E-state index in [2.05, 4.69) is 57.4 Å². The lowest BCUT2D eigenvalue weighted by atomic mass is 9.96. The van der Waals surface area contributed by atoms with Gasteiger partial charge in [-0.3, -0.25) is 4.79 Å². The van der Waals surface area contributed by atoms with Crippen LogP contribution in [0.3, 0.4) is 0 Å². The van der Waals surface area contributed by atoms with Crippen LogP contribution in [-0.2, 0) is 11.2 Å². The molecule has 6 heteroatoms. The van der Waals surface area contributed by atoms with Crippen LogP contribution in [0, 0.1) is 19.8 Å². The van der Waals surface area contributed by atoms with Gasteiger partial charge in [-0.15, -0.1) is 0 Å². The van der Waals surface area contributed by atoms with E-state index in [1.165, 1.54) is 11.1 Å². The fourth-order valence-electron chi connectivity index (χ4n) is 4.17. The van der Waals surface area contributed by atoms with Gasteiger partial charge >= 0.3 is 0 Å². The van der Waals surface area contributed by atoms with E-state index in [4.69, 9.17) is 4.74 Å². The summed E-state index contributed by atoms with van der Waals surface area (Å²) in [7, 11) is 0. The number of ether oxygens (including phenoxy) is 1. The van der Waals surface area contributed by atoms with Crippen molar-refractivity contribution in [1.29, 1.82) is 0 Å². The molecule has 3 aromatic rings. The zero-order valence-electron chi connectivity index (χ0n) is 19.5. The molecule has 1 amide bonds. The van der Waals surface area contributed by atoms with Crippen LogP contribution in [0.25, 0.3) is 0 Å². The van der Waals surface area contributed by atoms with Gasteiger partial charge in [0.2, 0.25) is 11.8 Å². The quantitative estimate of drug-likeness (QED) is 0.503. The van der Waals surface area contributed by atoms with Crippen molar-refractivity contribution in [2.45, 2.75) is 39.5 Å². The van der Waals surface area contributed by atoms with Crippen LogP contribution in [0.2, 0.25) is 0 Å². The molecular formula is C27H32N4O2. The smallest absolute Gasteiger partial charge is 0.224 e. The Balaban J connectivity index is 1.25. The summed E-state index contributed by atoms with van der Waals surface area (Å²) in [6.07, 6.45) is 5.13. The normalized spacial score (nSPS) is 14.2. The summed E-state index contributed by atoms with van der Waals surface area (Å²) in [6.45, 7) is 6.42. The average Bonchev–Trinajstić information content (AvgIpc) is 2.85. The Morgan fingerprint density at radius 2 is 1.85 bits per heavy atom. The van der Waals surface area contributed by atoms with E-state index in [9.17, 15) is 4.79 Å². The maximum atomic E-state index is 12.6. The zero-order valence-corrected chi connectivity index (χ0v) is 19.5. The van der Waals surface area contributed by atoms with Crippen LogP contribution in [0.4, 0.5) is 5.82 Å². The topological polar surface area (TPSA) is 67.3 Å². The van der Waals surface area contributed by atoms with Gasteiger partial charge < -0.3 is 15.0 Å². The molecule has 2 heterocycles. The van der Waals surface area contributed by atoms with Gasteiger partial charge in [0.05, 0.1) is 0 Å². The van der Waals surface area contributed by atoms with Crippen molar-refractivity contribution in [2.24, 2.45) is 5.92 Å². The number of nitrogens with zero attached hydrogens (tertiary/aromatic N) is 3. The number of amides is 1. The van der Waals surface area contributed by atoms with Crippen molar-refractivity contribution in [3.8, 4) is 11.6 Å². The number of carbonyl (C=O) groups excluding carboxylic acids is 1. The minimum Gasteiger partial charge on any atom is -0.439 e. The van der Waals surface area contributed by atoms with Crippen LogP contribution >= 0.6 is 0 Å². The molecule has 1 N–H and O–H groups in total. The van der Waals surface area contributed by atoms with Crippen molar-refractivity contribution in [3.63, 3.8) is 0 Å². The van der Waals surface area contributed by atoms with Gasteiger partial charge in [0.25, 0.3) is 0 Å². The zero-order chi connectivity index (χ0) is 23.0. The highest BCUT2D eigenvalue weighted by atomic mass is 16.5. The SMILES string of the molecule is Cc1cccc(Oc2cc(N3CCC(C(=O)NCCCc4ccccc4)CC3)ncn2)c1C. The number of rotatable bonds is 8. The van der Waals surface area contributed by atoms with Gasteiger partial charge in [0.15, 0.2) is 0 Å². The monoisotopic (exact) mass is 444 g/mol. The number of piperidine rings is 1. The van der Waals surface area contributed by atoms with Crippen LogP contribution in [-0.4, -0.2) is 35.5 Å². The predicted octanol–water partition coefficient (Wildman–Crippen LogP) is 4.85. The first kappa shape index (κ1) is 22.8. The second-order valence-corrected chi connectivity index (χ2v) is 8.66. The summed E-state index contributed by atoms with van der Waals surface area (Å²) in [5.74, 6) is 2.41. The fraction of sp³-hybridized carbons (Fsp3) is 0.370. The molecule has 0 aliphatic carbocycles. The lowest BCUT2D eigenvalue weighted by molar-refractivity contribution is -0.125. The van der Waals surface area contributed by atoms with E-state index in [0.29, 0.717) is 5.88 Å². The number of nitrogens with one attached hydrogen (secondary N) is 1. The van der Waals surface area contributed by atoms with E-state index in [-0.39, 0.29) is 11.8 Å². The molecule has 0 bridgehead atoms. The van der Waals surface area contributed by atoms with E-state index < -0.39 is 0 Å². The Labute approximate surface area is 196 Å². The predicted molar refractivity (Wildman–Crippen MR) is 131 cm³/mol. The molecule has 1 aromatic heterocycles. The molecule has 1 aliphatic heterocycles.